The van der Waals surface area contributed by atoms with E-state index in [1.807, 2.05) is 0 Å². The van der Waals surface area contributed by atoms with Crippen molar-refractivity contribution in [3.63, 3.8) is 0 Å². The van der Waals surface area contributed by atoms with Crippen LogP contribution in [0.1, 0.15) is 58.8 Å². The number of hydrogen-bond donors (Lipinski definition) is 0. The highest BCUT2D eigenvalue weighted by Gasteiger charge is 2.18. The van der Waals surface area contributed by atoms with Crippen LogP contribution in [-0.4, -0.2) is 24.4 Å². The molecular formula is C13H26N+. The van der Waals surface area contributed by atoms with Gasteiger partial charge in [0.2, 0.25) is 0 Å². The van der Waals surface area contributed by atoms with Crippen LogP contribution in [-0.2, 0) is 0 Å². The van der Waals surface area contributed by atoms with Crippen molar-refractivity contribution in [3.8, 4) is 0 Å². The van der Waals surface area contributed by atoms with Gasteiger partial charge in [-0.05, 0) is 18.3 Å². The van der Waals surface area contributed by atoms with Gasteiger partial charge >= 0.3 is 0 Å². The van der Waals surface area contributed by atoms with E-state index in [9.17, 15) is 0 Å². The molecule has 0 saturated heterocycles. The molecule has 0 N–H and O–H groups in total. The number of nitrogens with zero attached hydrogens (tertiary/aromatic N) is 1. The van der Waals surface area contributed by atoms with Gasteiger partial charge < -0.3 is 0 Å². The predicted octanol–water partition coefficient (Wildman–Crippen LogP) is 3.47. The maximum absolute atomic E-state index is 2.40. The lowest BCUT2D eigenvalue weighted by Gasteiger charge is -2.21. The minimum absolute atomic E-state index is 0.513. The monoisotopic (exact) mass is 196 g/mol. The lowest BCUT2D eigenvalue weighted by Crippen LogP contribution is -2.16. The summed E-state index contributed by atoms with van der Waals surface area (Å²) < 4.78 is 2.38. The zero-order valence-corrected chi connectivity index (χ0v) is 10.2. The first-order valence-corrected chi connectivity index (χ1v) is 6.14. The molecule has 0 aromatic rings. The zero-order chi connectivity index (χ0) is 10.4. The fraction of sp³-hybridized carbons (Fsp3) is 0.923. The fourth-order valence-corrected chi connectivity index (χ4v) is 2.09. The fourth-order valence-electron chi connectivity index (χ4n) is 2.09. The van der Waals surface area contributed by atoms with Crippen LogP contribution in [0.3, 0.4) is 0 Å². The normalized spacial score (nSPS) is 24.9. The summed E-state index contributed by atoms with van der Waals surface area (Å²) in [5.41, 5.74) is 0.513. The molecular weight excluding hydrogens is 170 g/mol. The summed E-state index contributed by atoms with van der Waals surface area (Å²) in [5.74, 6) is 0. The van der Waals surface area contributed by atoms with Crippen LogP contribution in [0.2, 0.25) is 0 Å². The van der Waals surface area contributed by atoms with Crippen molar-refractivity contribution >= 4 is 6.21 Å². The zero-order valence-electron chi connectivity index (χ0n) is 10.2. The van der Waals surface area contributed by atoms with Gasteiger partial charge in [0.15, 0.2) is 0 Å². The Morgan fingerprint density at radius 3 is 2.43 bits per heavy atom. The van der Waals surface area contributed by atoms with E-state index in [0.29, 0.717) is 5.41 Å². The third-order valence-corrected chi connectivity index (χ3v) is 3.32. The van der Waals surface area contributed by atoms with Crippen LogP contribution in [0.15, 0.2) is 0 Å². The molecule has 0 aliphatic carbocycles. The molecule has 1 heteroatoms. The molecule has 0 radical (unpaired) electrons. The van der Waals surface area contributed by atoms with E-state index >= 15 is 0 Å². The lowest BCUT2D eigenvalue weighted by atomic mass is 9.84. The summed E-state index contributed by atoms with van der Waals surface area (Å²) in [6.45, 7) is 6.04. The van der Waals surface area contributed by atoms with E-state index in [-0.39, 0.29) is 0 Å². The predicted molar refractivity (Wildman–Crippen MR) is 63.2 cm³/mol. The van der Waals surface area contributed by atoms with Crippen molar-refractivity contribution in [1.82, 2.24) is 0 Å². The first-order chi connectivity index (χ1) is 6.60. The Kier molecular flexibility index (Phi) is 4.64. The summed E-state index contributed by atoms with van der Waals surface area (Å²) >= 11 is 0. The second-order valence-electron chi connectivity index (χ2n) is 5.55. The van der Waals surface area contributed by atoms with Crippen LogP contribution in [0, 0.1) is 5.41 Å². The minimum Gasteiger partial charge on any atom is -0.242 e. The molecule has 1 heterocycles. The average molecular weight is 196 g/mol. The number of rotatable bonds is 0. The van der Waals surface area contributed by atoms with Crippen LogP contribution in [0.5, 0.6) is 0 Å². The molecule has 0 aromatic carbocycles. The smallest absolute Gasteiger partial charge is 0.142 e. The molecule has 0 saturated carbocycles. The van der Waals surface area contributed by atoms with Gasteiger partial charge in [-0.3, -0.25) is 0 Å². The lowest BCUT2D eigenvalue weighted by molar-refractivity contribution is -0.494. The molecule has 0 spiro atoms. The molecule has 0 unspecified atom stereocenters. The Hall–Kier alpha value is -0.330. The summed E-state index contributed by atoms with van der Waals surface area (Å²) in [6.07, 6.45) is 12.1. The van der Waals surface area contributed by atoms with E-state index in [1.165, 1.54) is 51.5 Å². The molecule has 14 heavy (non-hydrogen) atoms. The topological polar surface area (TPSA) is 3.01 Å². The highest BCUT2D eigenvalue weighted by Crippen LogP contribution is 2.27. The summed E-state index contributed by atoms with van der Waals surface area (Å²) in [7, 11) is 2.22. The van der Waals surface area contributed by atoms with Crippen molar-refractivity contribution < 1.29 is 4.58 Å². The summed E-state index contributed by atoms with van der Waals surface area (Å²) in [4.78, 5) is 0. The molecule has 0 atom stereocenters. The van der Waals surface area contributed by atoms with Gasteiger partial charge in [-0.15, -0.1) is 0 Å². The third-order valence-electron chi connectivity index (χ3n) is 3.32. The molecule has 0 aromatic heterocycles. The Bertz CT molecular complexity index is 191. The van der Waals surface area contributed by atoms with Gasteiger partial charge in [0.05, 0.1) is 0 Å². The van der Waals surface area contributed by atoms with Gasteiger partial charge in [-0.2, -0.15) is 0 Å². The first kappa shape index (κ1) is 11.7. The molecule has 1 rings (SSSR count). The SMILES string of the molecule is C[N+]1=CCC(C)(C)CCCCCCC1. The second kappa shape index (κ2) is 5.53. The molecule has 1 aliphatic rings. The Morgan fingerprint density at radius 1 is 1.00 bits per heavy atom. The van der Waals surface area contributed by atoms with Crippen LogP contribution in [0.25, 0.3) is 0 Å². The van der Waals surface area contributed by atoms with Crippen molar-refractivity contribution in [1.29, 1.82) is 0 Å². The summed E-state index contributed by atoms with van der Waals surface area (Å²) in [6, 6.07) is 0. The quantitative estimate of drug-likeness (QED) is 0.522. The van der Waals surface area contributed by atoms with Crippen molar-refractivity contribution in [2.75, 3.05) is 13.6 Å². The van der Waals surface area contributed by atoms with Crippen molar-refractivity contribution in [3.05, 3.63) is 0 Å². The third kappa shape index (κ3) is 4.78. The Balaban J connectivity index is 2.50. The average Bonchev–Trinajstić information content (AvgIpc) is 2.15. The number of hydrogen-bond acceptors (Lipinski definition) is 0. The van der Waals surface area contributed by atoms with Crippen LogP contribution < -0.4 is 0 Å². The van der Waals surface area contributed by atoms with E-state index in [1.54, 1.807) is 0 Å². The maximum atomic E-state index is 2.40. The van der Waals surface area contributed by atoms with Gasteiger partial charge in [0.1, 0.15) is 19.8 Å². The molecule has 0 fully saturated rings. The van der Waals surface area contributed by atoms with E-state index in [4.69, 9.17) is 0 Å². The van der Waals surface area contributed by atoms with E-state index < -0.39 is 0 Å². The van der Waals surface area contributed by atoms with E-state index in [2.05, 4.69) is 31.7 Å². The van der Waals surface area contributed by atoms with Crippen LogP contribution in [0.4, 0.5) is 0 Å². The highest BCUT2D eigenvalue weighted by atomic mass is 14.9. The highest BCUT2D eigenvalue weighted by molar-refractivity contribution is 5.52. The molecule has 1 nitrogen and oxygen atoms in total. The molecule has 0 bridgehead atoms. The van der Waals surface area contributed by atoms with Gasteiger partial charge in [-0.1, -0.05) is 33.1 Å². The molecule has 82 valence electrons. The Labute approximate surface area is 89.2 Å². The molecule has 1 aliphatic heterocycles. The van der Waals surface area contributed by atoms with Gasteiger partial charge in [0.25, 0.3) is 0 Å². The second-order valence-corrected chi connectivity index (χ2v) is 5.55. The van der Waals surface area contributed by atoms with Gasteiger partial charge in [0, 0.05) is 12.8 Å². The van der Waals surface area contributed by atoms with Crippen molar-refractivity contribution in [2.24, 2.45) is 5.41 Å². The summed E-state index contributed by atoms with van der Waals surface area (Å²) in [5, 5.41) is 0. The van der Waals surface area contributed by atoms with Crippen LogP contribution >= 0.6 is 0 Å². The standard InChI is InChI=1S/C13H26N/c1-13(2)9-7-5-4-6-8-11-14(3)12-10-13/h12H,4-11H2,1-3H3/q+1. The maximum Gasteiger partial charge on any atom is 0.142 e. The largest absolute Gasteiger partial charge is 0.242 e. The molecule has 0 amide bonds. The Morgan fingerprint density at radius 2 is 1.64 bits per heavy atom. The first-order valence-electron chi connectivity index (χ1n) is 6.14. The van der Waals surface area contributed by atoms with E-state index in [0.717, 1.165) is 0 Å². The van der Waals surface area contributed by atoms with Gasteiger partial charge in [-0.25, -0.2) is 4.58 Å². The minimum atomic E-state index is 0.513. The van der Waals surface area contributed by atoms with Crippen molar-refractivity contribution in [2.45, 2.75) is 58.8 Å².